The van der Waals surface area contributed by atoms with E-state index in [2.05, 4.69) is 28.8 Å². The van der Waals surface area contributed by atoms with Crippen molar-refractivity contribution in [3.63, 3.8) is 0 Å². The van der Waals surface area contributed by atoms with E-state index in [-0.39, 0.29) is 0 Å². The van der Waals surface area contributed by atoms with Gasteiger partial charge < -0.3 is 10.6 Å². The molecule has 2 N–H and O–H groups in total. The molecule has 1 fully saturated rings. The third kappa shape index (κ3) is 5.10. The highest BCUT2D eigenvalue weighted by molar-refractivity contribution is 7.98. The summed E-state index contributed by atoms with van der Waals surface area (Å²) in [5, 5.41) is 6.86. The molecule has 1 aliphatic carbocycles. The highest BCUT2D eigenvalue weighted by atomic mass is 32.2. The molecule has 0 unspecified atom stereocenters. The van der Waals surface area contributed by atoms with Gasteiger partial charge >= 0.3 is 0 Å². The summed E-state index contributed by atoms with van der Waals surface area (Å²) in [4.78, 5) is 4.26. The van der Waals surface area contributed by atoms with Crippen molar-refractivity contribution in [3.05, 3.63) is 0 Å². The topological polar surface area (TPSA) is 36.4 Å². The number of rotatable bonds is 4. The molecule has 16 heavy (non-hydrogen) atoms. The summed E-state index contributed by atoms with van der Waals surface area (Å²) in [6.07, 6.45) is 7.38. The monoisotopic (exact) mass is 243 g/mol. The zero-order chi connectivity index (χ0) is 11.8. The van der Waals surface area contributed by atoms with Crippen LogP contribution in [0.4, 0.5) is 0 Å². The zero-order valence-corrected chi connectivity index (χ0v) is 11.6. The van der Waals surface area contributed by atoms with Crippen LogP contribution in [0.25, 0.3) is 0 Å². The van der Waals surface area contributed by atoms with Crippen molar-refractivity contribution in [1.29, 1.82) is 0 Å². The quantitative estimate of drug-likeness (QED) is 0.451. The van der Waals surface area contributed by atoms with Crippen molar-refractivity contribution in [2.45, 2.75) is 38.6 Å². The van der Waals surface area contributed by atoms with Gasteiger partial charge in [-0.05, 0) is 37.9 Å². The van der Waals surface area contributed by atoms with E-state index >= 15 is 0 Å². The molecule has 0 heterocycles. The Morgan fingerprint density at radius 2 is 2.00 bits per heavy atom. The molecule has 0 radical (unpaired) electrons. The number of nitrogens with zero attached hydrogens (tertiary/aromatic N) is 1. The van der Waals surface area contributed by atoms with Crippen LogP contribution in [0.5, 0.6) is 0 Å². The predicted octanol–water partition coefficient (Wildman–Crippen LogP) is 2.09. The number of guanidine groups is 1. The number of nitrogens with one attached hydrogen (secondary N) is 2. The van der Waals surface area contributed by atoms with Crippen LogP contribution in [0.15, 0.2) is 4.99 Å². The molecule has 0 saturated heterocycles. The molecule has 0 aromatic carbocycles. The second-order valence-corrected chi connectivity index (χ2v) is 5.58. The molecule has 4 heteroatoms. The maximum absolute atomic E-state index is 4.26. The molecule has 0 atom stereocenters. The largest absolute Gasteiger partial charge is 0.356 e. The van der Waals surface area contributed by atoms with Gasteiger partial charge in [0, 0.05) is 25.4 Å². The van der Waals surface area contributed by atoms with E-state index in [9.17, 15) is 0 Å². The van der Waals surface area contributed by atoms with Gasteiger partial charge in [0.1, 0.15) is 0 Å². The van der Waals surface area contributed by atoms with Crippen LogP contribution in [0.2, 0.25) is 0 Å². The third-order valence-corrected chi connectivity index (χ3v) is 3.79. The first-order valence-corrected chi connectivity index (χ1v) is 7.61. The molecule has 94 valence electrons. The van der Waals surface area contributed by atoms with Crippen LogP contribution in [0, 0.1) is 5.92 Å². The fraction of sp³-hybridized carbons (Fsp3) is 0.917. The van der Waals surface area contributed by atoms with Gasteiger partial charge in [0.05, 0.1) is 0 Å². The highest BCUT2D eigenvalue weighted by Gasteiger charge is 2.18. The summed E-state index contributed by atoms with van der Waals surface area (Å²) in [5.74, 6) is 3.00. The Hall–Kier alpha value is -0.380. The van der Waals surface area contributed by atoms with Crippen LogP contribution in [0.1, 0.15) is 32.6 Å². The number of hydrogen-bond acceptors (Lipinski definition) is 2. The average molecular weight is 243 g/mol. The van der Waals surface area contributed by atoms with Gasteiger partial charge in [0.25, 0.3) is 0 Å². The molecule has 3 nitrogen and oxygen atoms in total. The van der Waals surface area contributed by atoms with Gasteiger partial charge in [-0.15, -0.1) is 0 Å². The van der Waals surface area contributed by atoms with Crippen molar-refractivity contribution >= 4 is 17.7 Å². The van der Waals surface area contributed by atoms with Crippen LogP contribution in [-0.4, -0.2) is 37.6 Å². The first-order valence-electron chi connectivity index (χ1n) is 6.22. The molecular weight excluding hydrogens is 218 g/mol. The van der Waals surface area contributed by atoms with Gasteiger partial charge in [-0.3, -0.25) is 4.99 Å². The van der Waals surface area contributed by atoms with Crippen LogP contribution in [-0.2, 0) is 0 Å². The minimum atomic E-state index is 0.622. The molecule has 1 rings (SSSR count). The normalized spacial score (nSPS) is 26.6. The summed E-state index contributed by atoms with van der Waals surface area (Å²) >= 11 is 1.86. The van der Waals surface area contributed by atoms with Gasteiger partial charge in [0.15, 0.2) is 5.96 Å². The lowest BCUT2D eigenvalue weighted by Gasteiger charge is -2.28. The standard InChI is InChI=1S/C12H25N3S/c1-10-4-6-11(7-5-10)15-12(13-2)14-8-9-16-3/h10-11H,4-9H2,1-3H3,(H2,13,14,15). The summed E-state index contributed by atoms with van der Waals surface area (Å²) in [7, 11) is 1.85. The minimum absolute atomic E-state index is 0.622. The average Bonchev–Trinajstić information content (AvgIpc) is 2.31. The lowest BCUT2D eigenvalue weighted by atomic mass is 9.87. The Kier molecular flexibility index (Phi) is 6.69. The molecule has 0 aliphatic heterocycles. The van der Waals surface area contributed by atoms with E-state index in [0.29, 0.717) is 6.04 Å². The predicted molar refractivity (Wildman–Crippen MR) is 74.3 cm³/mol. The molecule has 0 aromatic heterocycles. The van der Waals surface area contributed by atoms with Gasteiger partial charge in [-0.25, -0.2) is 0 Å². The minimum Gasteiger partial charge on any atom is -0.356 e. The smallest absolute Gasteiger partial charge is 0.191 e. The number of thioether (sulfide) groups is 1. The summed E-state index contributed by atoms with van der Waals surface area (Å²) < 4.78 is 0. The second kappa shape index (κ2) is 7.82. The van der Waals surface area contributed by atoms with Crippen molar-refractivity contribution in [2.24, 2.45) is 10.9 Å². The van der Waals surface area contributed by atoms with Gasteiger partial charge in [-0.2, -0.15) is 11.8 Å². The van der Waals surface area contributed by atoms with Gasteiger partial charge in [-0.1, -0.05) is 6.92 Å². The molecule has 0 spiro atoms. The Morgan fingerprint density at radius 3 is 2.56 bits per heavy atom. The lowest BCUT2D eigenvalue weighted by Crippen LogP contribution is -2.45. The maximum Gasteiger partial charge on any atom is 0.191 e. The molecule has 1 aliphatic rings. The number of aliphatic imine (C=N–C) groups is 1. The van der Waals surface area contributed by atoms with E-state index < -0.39 is 0 Å². The van der Waals surface area contributed by atoms with Crippen LogP contribution in [0.3, 0.4) is 0 Å². The molecule has 0 bridgehead atoms. The lowest BCUT2D eigenvalue weighted by molar-refractivity contribution is 0.329. The maximum atomic E-state index is 4.26. The summed E-state index contributed by atoms with van der Waals surface area (Å²) in [6, 6.07) is 0.622. The van der Waals surface area contributed by atoms with Crippen molar-refractivity contribution in [1.82, 2.24) is 10.6 Å². The van der Waals surface area contributed by atoms with E-state index in [4.69, 9.17) is 0 Å². The molecule has 1 saturated carbocycles. The van der Waals surface area contributed by atoms with Gasteiger partial charge in [0.2, 0.25) is 0 Å². The van der Waals surface area contributed by atoms with E-state index in [1.54, 1.807) is 0 Å². The first kappa shape index (κ1) is 13.7. The molecule has 0 amide bonds. The van der Waals surface area contributed by atoms with E-state index in [1.807, 2.05) is 18.8 Å². The molecule has 0 aromatic rings. The number of hydrogen-bond donors (Lipinski definition) is 2. The molecular formula is C12H25N3S. The van der Waals surface area contributed by atoms with Crippen molar-refractivity contribution in [2.75, 3.05) is 25.6 Å². The zero-order valence-electron chi connectivity index (χ0n) is 10.8. The van der Waals surface area contributed by atoms with E-state index in [0.717, 1.165) is 24.2 Å². The van der Waals surface area contributed by atoms with Crippen LogP contribution < -0.4 is 10.6 Å². The highest BCUT2D eigenvalue weighted by Crippen LogP contribution is 2.23. The Labute approximate surface area is 104 Å². The fourth-order valence-electron chi connectivity index (χ4n) is 2.06. The third-order valence-electron chi connectivity index (χ3n) is 3.18. The SMILES string of the molecule is CN=C(NCCSC)NC1CCC(C)CC1. The van der Waals surface area contributed by atoms with Crippen molar-refractivity contribution in [3.8, 4) is 0 Å². The Balaban J connectivity index is 2.22. The van der Waals surface area contributed by atoms with Crippen molar-refractivity contribution < 1.29 is 0 Å². The van der Waals surface area contributed by atoms with Crippen LogP contribution >= 0.6 is 11.8 Å². The fourth-order valence-corrected chi connectivity index (χ4v) is 2.37. The summed E-state index contributed by atoms with van der Waals surface area (Å²) in [6.45, 7) is 3.34. The summed E-state index contributed by atoms with van der Waals surface area (Å²) in [5.41, 5.74) is 0. The second-order valence-electron chi connectivity index (χ2n) is 4.59. The van der Waals surface area contributed by atoms with E-state index in [1.165, 1.54) is 25.7 Å². The first-order chi connectivity index (χ1) is 7.76. The Bertz CT molecular complexity index is 210. The Morgan fingerprint density at radius 1 is 1.31 bits per heavy atom.